The minimum absolute atomic E-state index is 0.130. The summed E-state index contributed by atoms with van der Waals surface area (Å²) in [5, 5.41) is 0. The van der Waals surface area contributed by atoms with Gasteiger partial charge in [0.15, 0.2) is 0 Å². The number of β-lactam (4-membered cyclic amide) rings is 1. The molecule has 1 aliphatic heterocycles. The van der Waals surface area contributed by atoms with E-state index < -0.39 is 12.0 Å². The van der Waals surface area contributed by atoms with Crippen LogP contribution in [0.1, 0.15) is 12.0 Å². The van der Waals surface area contributed by atoms with Gasteiger partial charge in [0.1, 0.15) is 24.2 Å². The van der Waals surface area contributed by atoms with Gasteiger partial charge in [-0.3, -0.25) is 9.69 Å². The van der Waals surface area contributed by atoms with E-state index in [-0.39, 0.29) is 18.9 Å². The van der Waals surface area contributed by atoms with Gasteiger partial charge in [-0.25, -0.2) is 9.78 Å². The molecule has 1 saturated heterocycles. The summed E-state index contributed by atoms with van der Waals surface area (Å²) in [6.45, 7) is 0.156. The maximum atomic E-state index is 12.2. The van der Waals surface area contributed by atoms with Crippen molar-refractivity contribution in [3.8, 4) is 5.75 Å². The third kappa shape index (κ3) is 3.15. The summed E-state index contributed by atoms with van der Waals surface area (Å²) in [7, 11) is 1.59. The third-order valence-electron chi connectivity index (χ3n) is 3.66. The zero-order valence-corrected chi connectivity index (χ0v) is 12.6. The number of hydrogen-bond acceptors (Lipinski definition) is 5. The summed E-state index contributed by atoms with van der Waals surface area (Å²) < 4.78 is 10.4. The number of benzene rings is 1. The molecule has 0 unspecified atom stereocenters. The first-order valence-corrected chi connectivity index (χ1v) is 7.21. The Kier molecular flexibility index (Phi) is 4.23. The van der Waals surface area contributed by atoms with Crippen LogP contribution >= 0.6 is 0 Å². The Balaban J connectivity index is 1.60. The van der Waals surface area contributed by atoms with Crippen LogP contribution < -0.4 is 9.64 Å². The molecule has 0 spiro atoms. The fourth-order valence-electron chi connectivity index (χ4n) is 2.36. The average molecular weight is 312 g/mol. The van der Waals surface area contributed by atoms with Crippen molar-refractivity contribution in [3.63, 3.8) is 0 Å². The Hall–Kier alpha value is -2.89. The van der Waals surface area contributed by atoms with Crippen molar-refractivity contribution in [2.75, 3.05) is 12.0 Å². The van der Waals surface area contributed by atoms with Gasteiger partial charge in [-0.2, -0.15) is 0 Å². The van der Waals surface area contributed by atoms with Gasteiger partial charge in [0.2, 0.25) is 5.91 Å². The highest BCUT2D eigenvalue weighted by molar-refractivity contribution is 6.08. The molecule has 1 aromatic carbocycles. The summed E-state index contributed by atoms with van der Waals surface area (Å²) >= 11 is 0. The molecule has 0 bridgehead atoms. The smallest absolute Gasteiger partial charge is 0.330 e. The number of pyridine rings is 1. The molecule has 1 amide bonds. The highest BCUT2D eigenvalue weighted by atomic mass is 16.5. The molecule has 2 heterocycles. The molecule has 1 aliphatic rings. The van der Waals surface area contributed by atoms with Crippen molar-refractivity contribution in [3.05, 3.63) is 54.2 Å². The fraction of sp³-hybridized carbons (Fsp3) is 0.235. The maximum absolute atomic E-state index is 12.2. The van der Waals surface area contributed by atoms with E-state index in [1.807, 2.05) is 12.1 Å². The number of aromatic nitrogens is 1. The molecule has 0 saturated carbocycles. The molecule has 0 aliphatic carbocycles. The molecular formula is C17H16N2O4. The van der Waals surface area contributed by atoms with E-state index >= 15 is 0 Å². The molecule has 23 heavy (non-hydrogen) atoms. The third-order valence-corrected chi connectivity index (χ3v) is 3.66. The Morgan fingerprint density at radius 1 is 1.26 bits per heavy atom. The van der Waals surface area contributed by atoms with Crippen molar-refractivity contribution in [1.29, 1.82) is 0 Å². The summed E-state index contributed by atoms with van der Waals surface area (Å²) in [4.78, 5) is 29.4. The van der Waals surface area contributed by atoms with Crippen molar-refractivity contribution >= 4 is 17.7 Å². The second-order valence-corrected chi connectivity index (χ2v) is 5.13. The number of carbonyl (C=O) groups is 2. The van der Waals surface area contributed by atoms with Crippen LogP contribution in [0.3, 0.4) is 0 Å². The predicted molar refractivity (Wildman–Crippen MR) is 82.9 cm³/mol. The number of nitrogens with zero attached hydrogens (tertiary/aromatic N) is 2. The molecule has 3 rings (SSSR count). The van der Waals surface area contributed by atoms with E-state index in [0.29, 0.717) is 5.82 Å². The number of rotatable bonds is 5. The number of esters is 1. The number of methoxy groups -OCH3 is 1. The van der Waals surface area contributed by atoms with Crippen LogP contribution in [0.5, 0.6) is 5.75 Å². The molecular weight excluding hydrogens is 296 g/mol. The quantitative estimate of drug-likeness (QED) is 0.623. The van der Waals surface area contributed by atoms with E-state index in [9.17, 15) is 9.59 Å². The lowest BCUT2D eigenvalue weighted by Crippen LogP contribution is -2.57. The Morgan fingerprint density at radius 2 is 2.04 bits per heavy atom. The molecule has 6 heteroatoms. The molecule has 0 radical (unpaired) electrons. The number of carbonyl (C=O) groups excluding carboxylic acids is 2. The van der Waals surface area contributed by atoms with E-state index in [1.165, 1.54) is 4.90 Å². The molecule has 118 valence electrons. The topological polar surface area (TPSA) is 68.7 Å². The zero-order chi connectivity index (χ0) is 16.2. The molecule has 1 fully saturated rings. The Bertz CT molecular complexity index is 700. The van der Waals surface area contributed by atoms with Crippen LogP contribution in [-0.2, 0) is 20.9 Å². The highest BCUT2D eigenvalue weighted by Gasteiger charge is 2.44. The van der Waals surface area contributed by atoms with E-state index in [4.69, 9.17) is 9.47 Å². The standard InChI is InChI=1S/C17H16N2O4/c1-22-13-7-5-12(6-8-13)11-23-17(21)14-10-16(20)19(14)15-4-2-3-9-18-15/h2-9,14H,10-11H2,1H3/t14-/m0/s1. The first kappa shape index (κ1) is 15.0. The summed E-state index contributed by atoms with van der Waals surface area (Å²) in [6, 6.07) is 11.9. The predicted octanol–water partition coefficient (Wildman–Crippen LogP) is 1.94. The van der Waals surface area contributed by atoms with Crippen molar-refractivity contribution in [2.24, 2.45) is 0 Å². The molecule has 2 aromatic rings. The second kappa shape index (κ2) is 6.48. The van der Waals surface area contributed by atoms with Gasteiger partial charge in [0, 0.05) is 6.20 Å². The second-order valence-electron chi connectivity index (χ2n) is 5.13. The normalized spacial score (nSPS) is 16.7. The SMILES string of the molecule is COc1ccc(COC(=O)[C@@H]2CC(=O)N2c2ccccn2)cc1. The van der Waals surface area contributed by atoms with Gasteiger partial charge < -0.3 is 9.47 Å². The van der Waals surface area contributed by atoms with Gasteiger partial charge in [0.05, 0.1) is 13.5 Å². The summed E-state index contributed by atoms with van der Waals surface area (Å²) in [5.41, 5.74) is 0.856. The van der Waals surface area contributed by atoms with Crippen molar-refractivity contribution in [1.82, 2.24) is 4.98 Å². The van der Waals surface area contributed by atoms with E-state index in [0.717, 1.165) is 11.3 Å². The van der Waals surface area contributed by atoms with Gasteiger partial charge in [0.25, 0.3) is 0 Å². The molecule has 1 atom stereocenters. The Morgan fingerprint density at radius 3 is 2.65 bits per heavy atom. The average Bonchev–Trinajstić information content (AvgIpc) is 2.59. The minimum atomic E-state index is -0.601. The fourth-order valence-corrected chi connectivity index (χ4v) is 2.36. The van der Waals surface area contributed by atoms with Gasteiger partial charge in [-0.05, 0) is 29.8 Å². The van der Waals surface area contributed by atoms with E-state index in [1.54, 1.807) is 43.6 Å². The maximum Gasteiger partial charge on any atom is 0.330 e. The Labute approximate surface area is 133 Å². The van der Waals surface area contributed by atoms with Gasteiger partial charge in [-0.1, -0.05) is 18.2 Å². The van der Waals surface area contributed by atoms with Crippen LogP contribution in [0, 0.1) is 0 Å². The first-order valence-electron chi connectivity index (χ1n) is 7.21. The van der Waals surface area contributed by atoms with Crippen LogP contribution in [0.15, 0.2) is 48.7 Å². The number of ether oxygens (including phenoxy) is 2. The van der Waals surface area contributed by atoms with E-state index in [2.05, 4.69) is 4.98 Å². The van der Waals surface area contributed by atoms with Crippen molar-refractivity contribution in [2.45, 2.75) is 19.1 Å². The molecule has 1 aromatic heterocycles. The zero-order valence-electron chi connectivity index (χ0n) is 12.6. The van der Waals surface area contributed by atoms with Gasteiger partial charge in [-0.15, -0.1) is 0 Å². The molecule has 0 N–H and O–H groups in total. The first-order chi connectivity index (χ1) is 11.2. The van der Waals surface area contributed by atoms with Crippen LogP contribution in [0.2, 0.25) is 0 Å². The summed E-state index contributed by atoms with van der Waals surface area (Å²) in [6.07, 6.45) is 1.73. The number of amides is 1. The minimum Gasteiger partial charge on any atom is -0.497 e. The lowest BCUT2D eigenvalue weighted by atomic mass is 10.0. The largest absolute Gasteiger partial charge is 0.497 e. The van der Waals surface area contributed by atoms with Crippen molar-refractivity contribution < 1.29 is 19.1 Å². The highest BCUT2D eigenvalue weighted by Crippen LogP contribution is 2.27. The lowest BCUT2D eigenvalue weighted by molar-refractivity contribution is -0.151. The molecule has 6 nitrogen and oxygen atoms in total. The number of anilines is 1. The lowest BCUT2D eigenvalue weighted by Gasteiger charge is -2.37. The van der Waals surface area contributed by atoms with Crippen LogP contribution in [-0.4, -0.2) is 30.0 Å². The monoisotopic (exact) mass is 312 g/mol. The number of hydrogen-bond donors (Lipinski definition) is 0. The van der Waals surface area contributed by atoms with Crippen LogP contribution in [0.4, 0.5) is 5.82 Å². The van der Waals surface area contributed by atoms with Gasteiger partial charge >= 0.3 is 5.97 Å². The summed E-state index contributed by atoms with van der Waals surface area (Å²) in [5.74, 6) is 0.655. The van der Waals surface area contributed by atoms with Crippen LogP contribution in [0.25, 0.3) is 0 Å².